The smallest absolute Gasteiger partial charge is 0.0620 e. The van der Waals surface area contributed by atoms with E-state index in [0.29, 0.717) is 12.0 Å². The first kappa shape index (κ1) is 14.3. The van der Waals surface area contributed by atoms with Crippen LogP contribution in [0.15, 0.2) is 0 Å². The van der Waals surface area contributed by atoms with Crippen molar-refractivity contribution in [1.82, 2.24) is 0 Å². The summed E-state index contributed by atoms with van der Waals surface area (Å²) in [5.74, 6) is 0.637. The normalized spacial score (nSPS) is 30.9. The maximum absolute atomic E-state index is 8.84. The van der Waals surface area contributed by atoms with Gasteiger partial charge in [-0.05, 0) is 31.6 Å². The van der Waals surface area contributed by atoms with E-state index in [4.69, 9.17) is 21.4 Å². The van der Waals surface area contributed by atoms with Crippen LogP contribution in [0, 0.1) is 5.92 Å². The van der Waals surface area contributed by atoms with Crippen molar-refractivity contribution in [3.63, 3.8) is 0 Å². The second-order valence-corrected chi connectivity index (χ2v) is 5.42. The molecule has 0 unspecified atom stereocenters. The van der Waals surface area contributed by atoms with Gasteiger partial charge in [0.15, 0.2) is 0 Å². The van der Waals surface area contributed by atoms with Crippen molar-refractivity contribution in [3.05, 3.63) is 0 Å². The molecule has 0 bridgehead atoms. The zero-order chi connectivity index (χ0) is 12.0. The number of rotatable bonds is 6. The number of hydrogen-bond acceptors (Lipinski definition) is 2. The molecule has 3 heteroatoms. The van der Waals surface area contributed by atoms with E-state index in [2.05, 4.69) is 13.8 Å². The molecule has 96 valence electrons. The highest BCUT2D eigenvalue weighted by molar-refractivity contribution is 6.20. The van der Waals surface area contributed by atoms with Crippen molar-refractivity contribution in [1.29, 1.82) is 0 Å². The van der Waals surface area contributed by atoms with Gasteiger partial charge in [-0.2, -0.15) is 0 Å². The van der Waals surface area contributed by atoms with E-state index in [1.165, 1.54) is 0 Å². The average Bonchev–Trinajstić information content (AvgIpc) is 2.27. The van der Waals surface area contributed by atoms with Crippen LogP contribution < -0.4 is 0 Å². The Hall–Kier alpha value is 0.210. The van der Waals surface area contributed by atoms with Gasteiger partial charge in [-0.15, -0.1) is 11.6 Å². The van der Waals surface area contributed by atoms with Crippen molar-refractivity contribution in [2.45, 2.75) is 70.0 Å². The Labute approximate surface area is 104 Å². The van der Waals surface area contributed by atoms with E-state index in [1.807, 2.05) is 0 Å². The molecule has 1 aliphatic heterocycles. The quantitative estimate of drug-likeness (QED) is 0.731. The standard InChI is InChI=1S/C13H25ClO2/c1-3-10(4-2)13-9-11(14)8-12(16-13)6-5-7-15/h10-13,15H,3-9H2,1-2H3/t11-,12+,13+/m1/s1. The van der Waals surface area contributed by atoms with E-state index < -0.39 is 0 Å². The van der Waals surface area contributed by atoms with Crippen LogP contribution in [0.3, 0.4) is 0 Å². The first-order valence-corrected chi connectivity index (χ1v) is 7.05. The fourth-order valence-electron chi connectivity index (χ4n) is 2.61. The van der Waals surface area contributed by atoms with Crippen LogP contribution in [-0.4, -0.2) is 29.3 Å². The Morgan fingerprint density at radius 3 is 2.56 bits per heavy atom. The lowest BCUT2D eigenvalue weighted by Gasteiger charge is -2.37. The lowest BCUT2D eigenvalue weighted by Crippen LogP contribution is -2.37. The van der Waals surface area contributed by atoms with Gasteiger partial charge in [-0.1, -0.05) is 26.7 Å². The molecule has 1 heterocycles. The molecule has 0 aliphatic carbocycles. The zero-order valence-electron chi connectivity index (χ0n) is 10.5. The molecular formula is C13H25ClO2. The van der Waals surface area contributed by atoms with Crippen LogP contribution >= 0.6 is 11.6 Å². The van der Waals surface area contributed by atoms with E-state index in [1.54, 1.807) is 0 Å². The second kappa shape index (κ2) is 7.52. The molecule has 1 N–H and O–H groups in total. The van der Waals surface area contributed by atoms with Crippen molar-refractivity contribution in [2.24, 2.45) is 5.92 Å². The summed E-state index contributed by atoms with van der Waals surface area (Å²) in [7, 11) is 0. The van der Waals surface area contributed by atoms with E-state index >= 15 is 0 Å². The average molecular weight is 249 g/mol. The first-order chi connectivity index (χ1) is 7.71. The highest BCUT2D eigenvalue weighted by Crippen LogP contribution is 2.32. The maximum atomic E-state index is 8.84. The van der Waals surface area contributed by atoms with Gasteiger partial charge in [0.25, 0.3) is 0 Å². The topological polar surface area (TPSA) is 29.5 Å². The Morgan fingerprint density at radius 2 is 2.00 bits per heavy atom. The number of aliphatic hydroxyl groups excluding tert-OH is 1. The molecule has 1 saturated heterocycles. The molecule has 0 spiro atoms. The largest absolute Gasteiger partial charge is 0.396 e. The summed E-state index contributed by atoms with van der Waals surface area (Å²) in [6.07, 6.45) is 6.61. The van der Waals surface area contributed by atoms with Crippen LogP contribution in [0.4, 0.5) is 0 Å². The third-order valence-electron chi connectivity index (χ3n) is 3.63. The van der Waals surface area contributed by atoms with Gasteiger partial charge in [0.05, 0.1) is 12.2 Å². The van der Waals surface area contributed by atoms with Gasteiger partial charge in [0, 0.05) is 12.0 Å². The molecule has 3 atom stereocenters. The van der Waals surface area contributed by atoms with Gasteiger partial charge in [0.2, 0.25) is 0 Å². The van der Waals surface area contributed by atoms with Crippen molar-refractivity contribution in [3.8, 4) is 0 Å². The molecule has 0 radical (unpaired) electrons. The molecule has 0 amide bonds. The minimum atomic E-state index is 0.252. The minimum absolute atomic E-state index is 0.252. The molecule has 2 nitrogen and oxygen atoms in total. The highest BCUT2D eigenvalue weighted by atomic mass is 35.5. The molecule has 0 aromatic heterocycles. The second-order valence-electron chi connectivity index (χ2n) is 4.81. The maximum Gasteiger partial charge on any atom is 0.0620 e. The Kier molecular flexibility index (Phi) is 6.71. The fraction of sp³-hybridized carbons (Fsp3) is 1.00. The van der Waals surface area contributed by atoms with Gasteiger partial charge in [-0.25, -0.2) is 0 Å². The SMILES string of the molecule is CCC(CC)[C@@H]1C[C@H](Cl)C[C@H](CCCO)O1. The molecule has 1 fully saturated rings. The van der Waals surface area contributed by atoms with Crippen molar-refractivity contribution < 1.29 is 9.84 Å². The summed E-state index contributed by atoms with van der Waals surface area (Å²) in [6, 6.07) is 0. The van der Waals surface area contributed by atoms with E-state index in [-0.39, 0.29) is 18.1 Å². The number of hydrogen-bond donors (Lipinski definition) is 1. The summed E-state index contributed by atoms with van der Waals surface area (Å²) < 4.78 is 6.11. The van der Waals surface area contributed by atoms with Crippen LogP contribution in [0.1, 0.15) is 52.4 Å². The van der Waals surface area contributed by atoms with Crippen molar-refractivity contribution >= 4 is 11.6 Å². The summed E-state index contributed by atoms with van der Waals surface area (Å²) >= 11 is 6.30. The number of ether oxygens (including phenoxy) is 1. The summed E-state index contributed by atoms with van der Waals surface area (Å²) in [5, 5.41) is 9.09. The monoisotopic (exact) mass is 248 g/mol. The van der Waals surface area contributed by atoms with Crippen LogP contribution in [0.5, 0.6) is 0 Å². The molecule has 16 heavy (non-hydrogen) atoms. The van der Waals surface area contributed by atoms with Crippen molar-refractivity contribution in [2.75, 3.05) is 6.61 Å². The summed E-state index contributed by atoms with van der Waals surface area (Å²) in [6.45, 7) is 4.69. The van der Waals surface area contributed by atoms with Crippen LogP contribution in [0.25, 0.3) is 0 Å². The molecule has 0 saturated carbocycles. The molecule has 0 aromatic carbocycles. The van der Waals surface area contributed by atoms with Gasteiger partial charge >= 0.3 is 0 Å². The Morgan fingerprint density at radius 1 is 1.31 bits per heavy atom. The fourth-order valence-corrected chi connectivity index (χ4v) is 2.99. The van der Waals surface area contributed by atoms with Crippen LogP contribution in [0.2, 0.25) is 0 Å². The predicted molar refractivity (Wildman–Crippen MR) is 67.9 cm³/mol. The summed E-state index contributed by atoms with van der Waals surface area (Å²) in [4.78, 5) is 0. The number of aliphatic hydroxyl groups is 1. The molecule has 1 aliphatic rings. The van der Waals surface area contributed by atoms with Gasteiger partial charge in [0.1, 0.15) is 0 Å². The van der Waals surface area contributed by atoms with E-state index in [9.17, 15) is 0 Å². The zero-order valence-corrected chi connectivity index (χ0v) is 11.2. The third-order valence-corrected chi connectivity index (χ3v) is 3.99. The third kappa shape index (κ3) is 4.23. The minimum Gasteiger partial charge on any atom is -0.396 e. The molecule has 1 rings (SSSR count). The highest BCUT2D eigenvalue weighted by Gasteiger charge is 2.31. The Bertz CT molecular complexity index is 183. The molecular weight excluding hydrogens is 224 g/mol. The number of alkyl halides is 1. The van der Waals surface area contributed by atoms with Gasteiger partial charge < -0.3 is 9.84 Å². The van der Waals surface area contributed by atoms with Gasteiger partial charge in [-0.3, -0.25) is 0 Å². The lowest BCUT2D eigenvalue weighted by molar-refractivity contribution is -0.0813. The summed E-state index contributed by atoms with van der Waals surface area (Å²) in [5.41, 5.74) is 0. The molecule has 0 aromatic rings. The van der Waals surface area contributed by atoms with E-state index in [0.717, 1.165) is 38.5 Å². The predicted octanol–water partition coefficient (Wildman–Crippen LogP) is 3.35. The lowest BCUT2D eigenvalue weighted by atomic mass is 9.89. The van der Waals surface area contributed by atoms with Crippen LogP contribution in [-0.2, 0) is 4.74 Å². The Balaban J connectivity index is 2.46. The first-order valence-electron chi connectivity index (χ1n) is 6.61. The number of halogens is 1.